The molecule has 0 saturated heterocycles. The van der Waals surface area contributed by atoms with E-state index in [-0.39, 0.29) is 92.2 Å². The number of benzene rings is 2. The molecule has 6 rings (SSSR count). The van der Waals surface area contributed by atoms with Gasteiger partial charge in [-0.15, -0.1) is 0 Å². The predicted molar refractivity (Wildman–Crippen MR) is 201 cm³/mol. The first kappa shape index (κ1) is 39.8. The number of aliphatic carboxylic acids is 1. The SMILES string of the molecule is CC(C)c1cc(Oc2c(Cl)cc(NC(=O)C(=O)O)cc2Cl)ccc1OC(=O)CC[C@@H](C)[C@H]1CC[C@H]2[C@@H]3C(O)C[C@@H]4C[C@H](O)CC[C@]4(C)[C@H]3CC(O)[C@]12C. The van der Waals surface area contributed by atoms with E-state index in [1.807, 2.05) is 13.8 Å². The maximum Gasteiger partial charge on any atom is 0.394 e. The summed E-state index contributed by atoms with van der Waals surface area (Å²) in [6.45, 7) is 10.7. The van der Waals surface area contributed by atoms with Crippen LogP contribution in [0.1, 0.15) is 104 Å². The van der Waals surface area contributed by atoms with E-state index < -0.39 is 24.1 Å². The van der Waals surface area contributed by atoms with E-state index in [4.69, 9.17) is 37.8 Å². The van der Waals surface area contributed by atoms with Gasteiger partial charge in [-0.25, -0.2) is 4.79 Å². The molecule has 12 heteroatoms. The van der Waals surface area contributed by atoms with Crippen molar-refractivity contribution in [3.8, 4) is 17.2 Å². The van der Waals surface area contributed by atoms with Crippen LogP contribution in [0.15, 0.2) is 30.3 Å². The van der Waals surface area contributed by atoms with Gasteiger partial charge >= 0.3 is 17.8 Å². The van der Waals surface area contributed by atoms with Crippen molar-refractivity contribution >= 4 is 46.7 Å². The molecule has 53 heavy (non-hydrogen) atoms. The second-order valence-corrected chi connectivity index (χ2v) is 17.8. The molecule has 0 spiro atoms. The summed E-state index contributed by atoms with van der Waals surface area (Å²) in [7, 11) is 0. The number of nitrogens with one attached hydrogen (secondary N) is 1. The number of carbonyl (C=O) groups excluding carboxylic acids is 2. The number of hydrogen-bond acceptors (Lipinski definition) is 8. The number of carboxylic acid groups (broad SMARTS) is 1. The van der Waals surface area contributed by atoms with E-state index in [0.717, 1.165) is 44.1 Å². The molecule has 2 aromatic carbocycles. The highest BCUT2D eigenvalue weighted by Gasteiger charge is 2.65. The molecule has 4 saturated carbocycles. The first-order chi connectivity index (χ1) is 24.9. The third kappa shape index (κ3) is 7.56. The number of fused-ring (bicyclic) bond motifs is 5. The number of esters is 1. The zero-order valence-electron chi connectivity index (χ0n) is 31.1. The minimum Gasteiger partial charge on any atom is -0.474 e. The number of hydrogen-bond donors (Lipinski definition) is 5. The third-order valence-corrected chi connectivity index (χ3v) is 14.4. The Balaban J connectivity index is 1.09. The summed E-state index contributed by atoms with van der Waals surface area (Å²) in [6, 6.07) is 7.72. The van der Waals surface area contributed by atoms with Crippen molar-refractivity contribution < 1.29 is 44.3 Å². The Bertz CT molecular complexity index is 1710. The Kier molecular flexibility index (Phi) is 11.5. The normalized spacial score (nSPS) is 34.0. The fourth-order valence-corrected chi connectivity index (χ4v) is 11.6. The lowest BCUT2D eigenvalue weighted by molar-refractivity contribution is -0.207. The first-order valence-corrected chi connectivity index (χ1v) is 19.8. The second-order valence-electron chi connectivity index (χ2n) is 17.0. The van der Waals surface area contributed by atoms with Crippen molar-refractivity contribution in [3.63, 3.8) is 0 Å². The summed E-state index contributed by atoms with van der Waals surface area (Å²) in [5.74, 6) is -1.09. The second kappa shape index (κ2) is 15.3. The Morgan fingerprint density at radius 2 is 1.64 bits per heavy atom. The molecule has 5 N–H and O–H groups in total. The van der Waals surface area contributed by atoms with Crippen LogP contribution in [0.2, 0.25) is 10.0 Å². The number of rotatable bonds is 9. The highest BCUT2D eigenvalue weighted by Crippen LogP contribution is 2.68. The van der Waals surface area contributed by atoms with Crippen LogP contribution in [0.4, 0.5) is 5.69 Å². The van der Waals surface area contributed by atoms with Gasteiger partial charge in [0.2, 0.25) is 0 Å². The molecule has 10 nitrogen and oxygen atoms in total. The molecule has 2 unspecified atom stereocenters. The molecular weight excluding hydrogens is 721 g/mol. The Labute approximate surface area is 321 Å². The van der Waals surface area contributed by atoms with E-state index in [0.29, 0.717) is 24.3 Å². The Morgan fingerprint density at radius 1 is 0.943 bits per heavy atom. The maximum atomic E-state index is 13.3. The highest BCUT2D eigenvalue weighted by molar-refractivity contribution is 6.39. The van der Waals surface area contributed by atoms with E-state index in [2.05, 4.69) is 26.1 Å². The van der Waals surface area contributed by atoms with Gasteiger partial charge in [-0.2, -0.15) is 0 Å². The first-order valence-electron chi connectivity index (χ1n) is 19.0. The minimum absolute atomic E-state index is 0.0225. The van der Waals surface area contributed by atoms with E-state index in [1.54, 1.807) is 18.2 Å². The van der Waals surface area contributed by atoms with Gasteiger partial charge in [-0.05, 0) is 134 Å². The standard InChI is InChI=1S/C41H53Cl2NO9/c1-20(2)26-18-25(52-37-30(42)16-23(17-31(37)43)44-38(49)39(50)51)7-10-33(26)53-35(48)11-6-21(3)27-8-9-28-36-29(19-34(47)41(27,28)5)40(4)13-12-24(45)14-22(40)15-32(36)46/h7,10,16-18,20-22,24,27-29,32,34,36,45-47H,6,8-9,11-15,19H2,1-5H3,(H,44,49)(H,50,51)/t21-,22+,24-,27-,28+,29+,32?,34?,36+,40+,41-/m1/s1. The topological polar surface area (TPSA) is 163 Å². The summed E-state index contributed by atoms with van der Waals surface area (Å²) in [5.41, 5.74) is 0.514. The van der Waals surface area contributed by atoms with Crippen molar-refractivity contribution in [1.29, 1.82) is 0 Å². The van der Waals surface area contributed by atoms with Gasteiger partial charge in [0.1, 0.15) is 11.5 Å². The summed E-state index contributed by atoms with van der Waals surface area (Å²) < 4.78 is 11.9. The number of amides is 1. The van der Waals surface area contributed by atoms with Gasteiger partial charge in [0.15, 0.2) is 5.75 Å². The largest absolute Gasteiger partial charge is 0.474 e. The van der Waals surface area contributed by atoms with E-state index in [1.165, 1.54) is 12.1 Å². The lowest BCUT2D eigenvalue weighted by Crippen LogP contribution is -2.62. The monoisotopic (exact) mass is 773 g/mol. The molecule has 0 aliphatic heterocycles. The number of carbonyl (C=O) groups is 3. The number of halogens is 2. The molecule has 290 valence electrons. The van der Waals surface area contributed by atoms with E-state index in [9.17, 15) is 29.7 Å². The molecule has 2 aromatic rings. The van der Waals surface area contributed by atoms with Crippen LogP contribution in [0.3, 0.4) is 0 Å². The van der Waals surface area contributed by atoms with Crippen molar-refractivity contribution in [1.82, 2.24) is 0 Å². The van der Waals surface area contributed by atoms with Crippen LogP contribution in [0.25, 0.3) is 0 Å². The van der Waals surface area contributed by atoms with E-state index >= 15 is 0 Å². The summed E-state index contributed by atoms with van der Waals surface area (Å²) in [5, 5.41) is 45.1. The van der Waals surface area contributed by atoms with Gasteiger partial charge in [-0.3, -0.25) is 9.59 Å². The third-order valence-electron chi connectivity index (χ3n) is 13.8. The van der Waals surface area contributed by atoms with Gasteiger partial charge in [0.05, 0.1) is 28.4 Å². The molecular formula is C41H53Cl2NO9. The molecule has 0 bridgehead atoms. The quantitative estimate of drug-likeness (QED) is 0.0960. The summed E-state index contributed by atoms with van der Waals surface area (Å²) in [4.78, 5) is 35.8. The number of anilines is 1. The average Bonchev–Trinajstić information content (AvgIpc) is 3.45. The van der Waals surface area contributed by atoms with Crippen LogP contribution >= 0.6 is 23.2 Å². The molecule has 0 radical (unpaired) electrons. The van der Waals surface area contributed by atoms with Crippen molar-refractivity contribution in [2.75, 3.05) is 5.32 Å². The van der Waals surface area contributed by atoms with Gasteiger partial charge in [0, 0.05) is 17.7 Å². The van der Waals surface area contributed by atoms with Crippen LogP contribution in [-0.2, 0) is 14.4 Å². The zero-order chi connectivity index (χ0) is 38.6. The van der Waals surface area contributed by atoms with Crippen LogP contribution < -0.4 is 14.8 Å². The van der Waals surface area contributed by atoms with Crippen molar-refractivity contribution in [2.24, 2.45) is 46.3 Å². The van der Waals surface area contributed by atoms with Crippen molar-refractivity contribution in [3.05, 3.63) is 45.9 Å². The summed E-state index contributed by atoms with van der Waals surface area (Å²) in [6.07, 6.45) is 5.40. The molecule has 4 aliphatic carbocycles. The van der Waals surface area contributed by atoms with Crippen LogP contribution in [-0.4, -0.2) is 56.6 Å². The average molecular weight is 775 g/mol. The lowest BCUT2D eigenvalue weighted by Gasteiger charge is -2.63. The predicted octanol–water partition coefficient (Wildman–Crippen LogP) is 8.22. The zero-order valence-corrected chi connectivity index (χ0v) is 32.6. The molecule has 0 aromatic heterocycles. The molecule has 1 amide bonds. The molecule has 4 fully saturated rings. The van der Waals surface area contributed by atoms with Crippen LogP contribution in [0, 0.1) is 46.3 Å². The maximum absolute atomic E-state index is 13.3. The summed E-state index contributed by atoms with van der Waals surface area (Å²) >= 11 is 12.7. The number of carboxylic acids is 1. The number of aliphatic hydroxyl groups excluding tert-OH is 3. The van der Waals surface area contributed by atoms with Crippen molar-refractivity contribution in [2.45, 2.75) is 117 Å². The molecule has 11 atom stereocenters. The minimum atomic E-state index is -1.65. The molecule has 0 heterocycles. The number of ether oxygens (including phenoxy) is 2. The Hall–Kier alpha value is -2.89. The van der Waals surface area contributed by atoms with Gasteiger partial charge in [0.25, 0.3) is 0 Å². The highest BCUT2D eigenvalue weighted by atomic mass is 35.5. The fourth-order valence-electron chi connectivity index (χ4n) is 11.0. The van der Waals surface area contributed by atoms with Crippen LogP contribution in [0.5, 0.6) is 17.2 Å². The fraction of sp³-hybridized carbons (Fsp3) is 0.634. The Morgan fingerprint density at radius 3 is 2.30 bits per heavy atom. The van der Waals surface area contributed by atoms with Gasteiger partial charge in [-0.1, -0.05) is 57.8 Å². The number of aliphatic hydroxyl groups is 3. The molecule has 4 aliphatic rings. The smallest absolute Gasteiger partial charge is 0.394 e. The van der Waals surface area contributed by atoms with Gasteiger partial charge < -0.3 is 35.2 Å². The lowest BCUT2D eigenvalue weighted by atomic mass is 9.43.